The first-order valence-corrected chi connectivity index (χ1v) is 34.1. The van der Waals surface area contributed by atoms with E-state index < -0.39 is 0 Å². The summed E-state index contributed by atoms with van der Waals surface area (Å²) in [5, 5.41) is 0. The van der Waals surface area contributed by atoms with Gasteiger partial charge in [-0.1, -0.05) is 209 Å². The van der Waals surface area contributed by atoms with Crippen LogP contribution in [0.15, 0.2) is 0 Å². The molecule has 0 unspecified atom stereocenters. The Balaban J connectivity index is -0.0000000144. The van der Waals surface area contributed by atoms with Crippen molar-refractivity contribution in [1.29, 1.82) is 0 Å². The van der Waals surface area contributed by atoms with Gasteiger partial charge in [0.05, 0.1) is 0 Å². The summed E-state index contributed by atoms with van der Waals surface area (Å²) in [6, 6.07) is 0. The summed E-state index contributed by atoms with van der Waals surface area (Å²) in [6.45, 7) is 49.6. The number of methoxy groups -OCH3 is 1. The molecule has 0 heterocycles. The van der Waals surface area contributed by atoms with Gasteiger partial charge in [0, 0.05) is 14.2 Å². The average Bonchev–Trinajstić information content (AvgIpc) is 2.82. The number of carbonyl (C=O) groups excluding carboxylic acids is 1. The van der Waals surface area contributed by atoms with Crippen LogP contribution in [0.4, 0.5) is 0 Å². The Bertz CT molecular complexity index is 332. The van der Waals surface area contributed by atoms with Crippen molar-refractivity contribution in [2.24, 2.45) is 16.2 Å². The van der Waals surface area contributed by atoms with Gasteiger partial charge in [0.2, 0.25) is 0 Å². The second-order valence-electron chi connectivity index (χ2n) is 13.9. The fourth-order valence-corrected chi connectivity index (χ4v) is 1.12. The minimum absolute atomic E-state index is 0. The predicted octanol–water partition coefficient (Wildman–Crippen LogP) is 20.1. The van der Waals surface area contributed by atoms with Crippen LogP contribution in [0.2, 0.25) is 20.8 Å². The van der Waals surface area contributed by atoms with Crippen molar-refractivity contribution in [2.75, 3.05) is 46.7 Å². The van der Waals surface area contributed by atoms with Crippen LogP contribution in [0, 0.1) is 16.2 Å². The van der Waals surface area contributed by atoms with Gasteiger partial charge >= 0.3 is 59.4 Å². The zero-order valence-corrected chi connectivity index (χ0v) is 46.9. The maximum atomic E-state index is 9.44. The fraction of sp³-hybridized carbons (Fsp3) is 0.979. The quantitative estimate of drug-likeness (QED) is 0.179. The Morgan fingerprint density at radius 3 is 0.585 bits per heavy atom. The summed E-state index contributed by atoms with van der Waals surface area (Å²) in [5.74, 6) is 0.167. The van der Waals surface area contributed by atoms with E-state index in [2.05, 4.69) is 170 Å². The molecule has 53 heavy (non-hydrogen) atoms. The van der Waals surface area contributed by atoms with Crippen LogP contribution < -0.4 is 0 Å². The predicted molar refractivity (Wildman–Crippen MR) is 289 cm³/mol. The van der Waals surface area contributed by atoms with Gasteiger partial charge in [0.15, 0.2) is 0 Å². The van der Waals surface area contributed by atoms with Crippen molar-refractivity contribution in [3.8, 4) is 0 Å². The molecule has 0 aromatic heterocycles. The molecule has 0 bridgehead atoms. The SMILES string of the molecule is C.C.C.C.C.C.C.CC(C)(C)C(C)(C)C(C)(C)C.CC(C)=O.CCC.CCC.CCC.CCC.CCC.COC.CP(C)C.CSC.[CH3][GaH][CH3].[CH3][Sn][CH3]. The molecule has 0 spiro atoms. The van der Waals surface area contributed by atoms with Crippen molar-refractivity contribution in [3.05, 3.63) is 0 Å². The number of hydrogen-bond acceptors (Lipinski definition) is 3. The molecule has 2 radical (unpaired) electrons. The molecule has 350 valence electrons. The van der Waals surface area contributed by atoms with Crippen LogP contribution in [0.3, 0.4) is 0 Å². The molecule has 0 amide bonds. The van der Waals surface area contributed by atoms with Crippen LogP contribution in [0.1, 0.15) is 223 Å². The van der Waals surface area contributed by atoms with Gasteiger partial charge in [-0.3, -0.25) is 0 Å². The van der Waals surface area contributed by atoms with E-state index in [9.17, 15) is 4.79 Å². The van der Waals surface area contributed by atoms with Crippen LogP contribution in [-0.4, -0.2) is 91.1 Å². The summed E-state index contributed by atoms with van der Waals surface area (Å²) in [5.41, 5.74) is 5.76. The molecule has 0 aliphatic carbocycles. The molecule has 0 atom stereocenters. The Hall–Kier alpha value is 1.85. The second kappa shape index (κ2) is 124. The van der Waals surface area contributed by atoms with E-state index in [0.29, 0.717) is 24.2 Å². The Kier molecular flexibility index (Phi) is 289. The topological polar surface area (TPSA) is 26.3 Å². The standard InChI is InChI=1S/C11H24.C3H6O.C3H9P.5C3H8.C2H6O.C2H6S.7CH4.4CH3.Ga.Sn.H/c1-9(2,3)11(7,8)10(4,5)6;1-3(2)4;1-4(2)3;7*1-3-2;;;;;;;;;;;;;;/h1-8H3;1-2H3;1-3H3;5*3H2,1-2H3;2*1-2H3;7*1H4;4*1H3;;;. The first-order valence-electron chi connectivity index (χ1n) is 18.2. The summed E-state index contributed by atoms with van der Waals surface area (Å²) in [7, 11) is 3.63. The molecule has 0 fully saturated rings. The van der Waals surface area contributed by atoms with E-state index in [-0.39, 0.29) is 96.3 Å². The normalized spacial score (nSPS) is 7.32. The van der Waals surface area contributed by atoms with Crippen molar-refractivity contribution < 1.29 is 9.53 Å². The third-order valence-corrected chi connectivity index (χ3v) is 3.75. The van der Waals surface area contributed by atoms with Gasteiger partial charge in [-0.05, 0) is 62.6 Å². The summed E-state index contributed by atoms with van der Waals surface area (Å²) in [4.78, 5) is 14.0. The van der Waals surface area contributed by atoms with Gasteiger partial charge in [-0.15, -0.1) is 7.92 Å². The average molecular weight is 981 g/mol. The van der Waals surface area contributed by atoms with Gasteiger partial charge in [0.1, 0.15) is 5.78 Å². The Morgan fingerprint density at radius 1 is 0.547 bits per heavy atom. The van der Waals surface area contributed by atoms with E-state index in [1.54, 1.807) is 26.0 Å². The molecule has 0 rings (SSSR count). The van der Waals surface area contributed by atoms with E-state index in [0.717, 1.165) is 0 Å². The monoisotopic (exact) mass is 981 g/mol. The molecule has 0 saturated carbocycles. The van der Waals surface area contributed by atoms with Crippen LogP contribution in [0.5, 0.6) is 0 Å². The summed E-state index contributed by atoms with van der Waals surface area (Å²) in [6.07, 6.45) is 10.3. The van der Waals surface area contributed by atoms with Crippen molar-refractivity contribution in [1.82, 2.24) is 0 Å². The number of Topliss-reactive ketones (excluding diaryl/α,β-unsaturated/α-hetero) is 1. The van der Waals surface area contributed by atoms with E-state index in [1.165, 1.54) is 46.0 Å². The number of ketones is 1. The number of hydrogen-bond donors (Lipinski definition) is 0. The zero-order chi connectivity index (χ0) is 41.0. The molecule has 0 aliphatic rings. The molecule has 0 aromatic rings. The molecule has 0 saturated heterocycles. The zero-order valence-electron chi connectivity index (χ0n) is 39.4. The van der Waals surface area contributed by atoms with Gasteiger partial charge in [-0.2, -0.15) is 11.8 Å². The van der Waals surface area contributed by atoms with Crippen molar-refractivity contribution in [3.63, 3.8) is 0 Å². The molecule has 0 aromatic carbocycles. The molecular weight excluding hydrogens is 848 g/mol. The minimum atomic E-state index is 0. The number of ether oxygens (including phenoxy) is 1. The van der Waals surface area contributed by atoms with Crippen molar-refractivity contribution in [2.45, 2.75) is 243 Å². The first-order chi connectivity index (χ1) is 20.7. The Labute approximate surface area is 377 Å². The fourth-order valence-electron chi connectivity index (χ4n) is 1.12. The second-order valence-corrected chi connectivity index (χ2v) is 23.3. The third kappa shape index (κ3) is 367. The molecular formula is C47H132GaO2PSSn. The third-order valence-electron chi connectivity index (χ3n) is 3.75. The van der Waals surface area contributed by atoms with Gasteiger partial charge < -0.3 is 9.53 Å². The van der Waals surface area contributed by atoms with E-state index >= 15 is 0 Å². The van der Waals surface area contributed by atoms with E-state index in [1.807, 2.05) is 12.5 Å². The molecule has 6 heteroatoms. The molecule has 0 aliphatic heterocycles. The first kappa shape index (κ1) is 124. The van der Waals surface area contributed by atoms with E-state index in [4.69, 9.17) is 0 Å². The number of thioether (sulfide) groups is 1. The van der Waals surface area contributed by atoms with Gasteiger partial charge in [-0.25, -0.2) is 0 Å². The summed E-state index contributed by atoms with van der Waals surface area (Å²) >= 11 is 2.10. The molecule has 0 N–H and O–H groups in total. The maximum absolute atomic E-state index is 9.44. The van der Waals surface area contributed by atoms with Crippen molar-refractivity contribution >= 4 is 64.0 Å². The summed E-state index contributed by atoms with van der Waals surface area (Å²) < 4.78 is 4.25. The number of carbonyl (C=O) groups is 1. The molecule has 2 nitrogen and oxygen atoms in total. The number of rotatable bonds is 0. The van der Waals surface area contributed by atoms with Crippen LogP contribution in [-0.2, 0) is 9.53 Å². The van der Waals surface area contributed by atoms with Crippen LogP contribution in [0.25, 0.3) is 0 Å². The van der Waals surface area contributed by atoms with Crippen LogP contribution >= 0.6 is 19.7 Å². The Morgan fingerprint density at radius 2 is 0.585 bits per heavy atom. The van der Waals surface area contributed by atoms with Gasteiger partial charge in [0.25, 0.3) is 0 Å².